The molecular formula is C15H27N3O2. The van der Waals surface area contributed by atoms with Crippen LogP contribution >= 0.6 is 0 Å². The normalized spacial score (nSPS) is 24.8. The van der Waals surface area contributed by atoms with Crippen molar-refractivity contribution in [2.24, 2.45) is 0 Å². The number of piperazine rings is 1. The Balaban J connectivity index is 1.81. The van der Waals surface area contributed by atoms with Gasteiger partial charge in [-0.05, 0) is 25.7 Å². The monoisotopic (exact) mass is 281 g/mol. The molecule has 5 heteroatoms. The zero-order valence-corrected chi connectivity index (χ0v) is 12.8. The van der Waals surface area contributed by atoms with Crippen LogP contribution in [0.2, 0.25) is 0 Å². The molecule has 2 aliphatic rings. The lowest BCUT2D eigenvalue weighted by Gasteiger charge is -2.38. The Kier molecular flexibility index (Phi) is 5.40. The van der Waals surface area contributed by atoms with E-state index < -0.39 is 0 Å². The van der Waals surface area contributed by atoms with Crippen LogP contribution in [-0.2, 0) is 9.59 Å². The van der Waals surface area contributed by atoms with Crippen molar-refractivity contribution in [3.05, 3.63) is 0 Å². The average molecular weight is 281 g/mol. The first-order valence-electron chi connectivity index (χ1n) is 7.89. The molecule has 5 nitrogen and oxygen atoms in total. The zero-order chi connectivity index (χ0) is 14.5. The van der Waals surface area contributed by atoms with E-state index in [1.807, 2.05) is 4.90 Å². The summed E-state index contributed by atoms with van der Waals surface area (Å²) < 4.78 is 0. The molecule has 2 amide bonds. The lowest BCUT2D eigenvalue weighted by atomic mass is 10.00. The largest absolute Gasteiger partial charge is 0.340 e. The Morgan fingerprint density at radius 1 is 1.05 bits per heavy atom. The Morgan fingerprint density at radius 2 is 1.75 bits per heavy atom. The second-order valence-electron chi connectivity index (χ2n) is 5.93. The number of hydrogen-bond acceptors (Lipinski definition) is 3. The van der Waals surface area contributed by atoms with E-state index in [2.05, 4.69) is 16.7 Å². The molecule has 0 bridgehead atoms. The van der Waals surface area contributed by atoms with E-state index in [0.717, 1.165) is 52.0 Å². The summed E-state index contributed by atoms with van der Waals surface area (Å²) in [5.74, 6) is 0.408. The van der Waals surface area contributed by atoms with Gasteiger partial charge in [0.2, 0.25) is 11.8 Å². The van der Waals surface area contributed by atoms with Gasteiger partial charge in [-0.3, -0.25) is 14.5 Å². The molecule has 0 aromatic carbocycles. The first kappa shape index (κ1) is 15.3. The van der Waals surface area contributed by atoms with E-state index in [1.54, 1.807) is 6.92 Å². The SMILES string of the molecule is CCC1CCCCN1C(=O)CN1CCN(C(C)=O)CC1. The second kappa shape index (κ2) is 7.07. The Morgan fingerprint density at radius 3 is 2.35 bits per heavy atom. The van der Waals surface area contributed by atoms with E-state index in [0.29, 0.717) is 12.6 Å². The predicted octanol–water partition coefficient (Wildman–Crippen LogP) is 0.942. The first-order valence-corrected chi connectivity index (χ1v) is 7.89. The third-order valence-electron chi connectivity index (χ3n) is 4.60. The average Bonchev–Trinajstić information content (AvgIpc) is 2.47. The Hall–Kier alpha value is -1.10. The number of rotatable bonds is 3. The Labute approximate surface area is 121 Å². The quantitative estimate of drug-likeness (QED) is 0.773. The summed E-state index contributed by atoms with van der Waals surface area (Å²) in [5, 5.41) is 0. The van der Waals surface area contributed by atoms with Crippen LogP contribution in [0.15, 0.2) is 0 Å². The van der Waals surface area contributed by atoms with Gasteiger partial charge in [0.05, 0.1) is 6.54 Å². The first-order chi connectivity index (χ1) is 9.61. The second-order valence-corrected chi connectivity index (χ2v) is 5.93. The van der Waals surface area contributed by atoms with Crippen LogP contribution < -0.4 is 0 Å². The molecule has 0 aromatic rings. The van der Waals surface area contributed by atoms with E-state index in [1.165, 1.54) is 6.42 Å². The summed E-state index contributed by atoms with van der Waals surface area (Å²) in [4.78, 5) is 29.9. The standard InChI is InChI=1S/C15H27N3O2/c1-3-14-6-4-5-7-18(14)15(20)12-16-8-10-17(11-9-16)13(2)19/h14H,3-12H2,1-2H3. The fourth-order valence-corrected chi connectivity index (χ4v) is 3.26. The van der Waals surface area contributed by atoms with Crippen molar-refractivity contribution >= 4 is 11.8 Å². The van der Waals surface area contributed by atoms with Crippen molar-refractivity contribution in [1.82, 2.24) is 14.7 Å². The molecule has 2 heterocycles. The molecule has 0 saturated carbocycles. The van der Waals surface area contributed by atoms with Crippen LogP contribution in [0.5, 0.6) is 0 Å². The highest BCUT2D eigenvalue weighted by Crippen LogP contribution is 2.19. The van der Waals surface area contributed by atoms with Gasteiger partial charge in [-0.1, -0.05) is 6.92 Å². The molecule has 114 valence electrons. The molecule has 1 unspecified atom stereocenters. The highest BCUT2D eigenvalue weighted by molar-refractivity contribution is 5.79. The van der Waals surface area contributed by atoms with Crippen LogP contribution in [0.4, 0.5) is 0 Å². The van der Waals surface area contributed by atoms with E-state index >= 15 is 0 Å². The van der Waals surface area contributed by atoms with Gasteiger partial charge in [-0.15, -0.1) is 0 Å². The third kappa shape index (κ3) is 3.72. The van der Waals surface area contributed by atoms with Gasteiger partial charge in [0.1, 0.15) is 0 Å². The van der Waals surface area contributed by atoms with Crippen LogP contribution in [0, 0.1) is 0 Å². The molecule has 2 rings (SSSR count). The number of piperidine rings is 1. The third-order valence-corrected chi connectivity index (χ3v) is 4.60. The van der Waals surface area contributed by atoms with E-state index in [9.17, 15) is 9.59 Å². The highest BCUT2D eigenvalue weighted by atomic mass is 16.2. The highest BCUT2D eigenvalue weighted by Gasteiger charge is 2.27. The van der Waals surface area contributed by atoms with Crippen molar-refractivity contribution in [1.29, 1.82) is 0 Å². The van der Waals surface area contributed by atoms with Crippen molar-refractivity contribution < 1.29 is 9.59 Å². The van der Waals surface area contributed by atoms with Gasteiger partial charge in [-0.2, -0.15) is 0 Å². The minimum absolute atomic E-state index is 0.137. The molecule has 2 fully saturated rings. The number of carbonyl (C=O) groups is 2. The topological polar surface area (TPSA) is 43.9 Å². The van der Waals surface area contributed by atoms with Crippen LogP contribution in [0.25, 0.3) is 0 Å². The maximum atomic E-state index is 12.5. The minimum atomic E-state index is 0.137. The maximum absolute atomic E-state index is 12.5. The lowest BCUT2D eigenvalue weighted by Crippen LogP contribution is -2.53. The van der Waals surface area contributed by atoms with Crippen LogP contribution in [0.3, 0.4) is 0 Å². The molecule has 20 heavy (non-hydrogen) atoms. The summed E-state index contributed by atoms with van der Waals surface area (Å²) in [6.07, 6.45) is 4.60. The van der Waals surface area contributed by atoms with Crippen molar-refractivity contribution in [3.63, 3.8) is 0 Å². The molecule has 2 saturated heterocycles. The lowest BCUT2D eigenvalue weighted by molar-refractivity contribution is -0.137. The summed E-state index contributed by atoms with van der Waals surface area (Å²) >= 11 is 0. The summed E-state index contributed by atoms with van der Waals surface area (Å²) in [6.45, 7) is 8.35. The molecular weight excluding hydrogens is 254 g/mol. The number of hydrogen-bond donors (Lipinski definition) is 0. The van der Waals surface area contributed by atoms with E-state index in [-0.39, 0.29) is 11.8 Å². The van der Waals surface area contributed by atoms with Crippen molar-refractivity contribution in [2.75, 3.05) is 39.3 Å². The van der Waals surface area contributed by atoms with Gasteiger partial charge in [-0.25, -0.2) is 0 Å². The molecule has 2 aliphatic heterocycles. The number of likely N-dealkylation sites (tertiary alicyclic amines) is 1. The molecule has 0 aliphatic carbocycles. The molecule has 0 spiro atoms. The Bertz CT molecular complexity index is 351. The number of nitrogens with zero attached hydrogens (tertiary/aromatic N) is 3. The maximum Gasteiger partial charge on any atom is 0.236 e. The predicted molar refractivity (Wildman–Crippen MR) is 78.3 cm³/mol. The van der Waals surface area contributed by atoms with Gasteiger partial charge >= 0.3 is 0 Å². The minimum Gasteiger partial charge on any atom is -0.340 e. The molecule has 1 atom stereocenters. The zero-order valence-electron chi connectivity index (χ0n) is 12.8. The van der Waals surface area contributed by atoms with Crippen LogP contribution in [0.1, 0.15) is 39.5 Å². The smallest absolute Gasteiger partial charge is 0.236 e. The van der Waals surface area contributed by atoms with Gasteiger partial charge in [0.25, 0.3) is 0 Å². The number of amides is 2. The summed E-state index contributed by atoms with van der Waals surface area (Å²) in [5.41, 5.74) is 0. The van der Waals surface area contributed by atoms with Crippen LogP contribution in [-0.4, -0.2) is 71.8 Å². The van der Waals surface area contributed by atoms with Gasteiger partial charge in [0, 0.05) is 45.7 Å². The molecule has 0 radical (unpaired) electrons. The molecule has 0 N–H and O–H groups in total. The summed E-state index contributed by atoms with van der Waals surface area (Å²) in [6, 6.07) is 0.440. The molecule has 0 aromatic heterocycles. The fourth-order valence-electron chi connectivity index (χ4n) is 3.26. The number of carbonyl (C=O) groups excluding carboxylic acids is 2. The summed E-state index contributed by atoms with van der Waals surface area (Å²) in [7, 11) is 0. The van der Waals surface area contributed by atoms with Crippen molar-refractivity contribution in [3.8, 4) is 0 Å². The van der Waals surface area contributed by atoms with Gasteiger partial charge < -0.3 is 9.80 Å². The van der Waals surface area contributed by atoms with E-state index in [4.69, 9.17) is 0 Å². The van der Waals surface area contributed by atoms with Gasteiger partial charge in [0.15, 0.2) is 0 Å². The fraction of sp³-hybridized carbons (Fsp3) is 0.867. The van der Waals surface area contributed by atoms with Crippen molar-refractivity contribution in [2.45, 2.75) is 45.6 Å².